The Kier molecular flexibility index (Phi) is 4.08. The number of hydrogen-bond acceptors (Lipinski definition) is 3. The topological polar surface area (TPSA) is 32.8 Å². The minimum absolute atomic E-state index is 0.238. The molecule has 0 saturated carbocycles. The van der Waals surface area contributed by atoms with E-state index in [1.807, 2.05) is 29.2 Å². The van der Waals surface area contributed by atoms with Crippen molar-refractivity contribution < 1.29 is 9.53 Å². The summed E-state index contributed by atoms with van der Waals surface area (Å²) in [5.41, 5.74) is 0.550. The number of likely N-dealkylation sites (tertiary alicyclic amines) is 1. The van der Waals surface area contributed by atoms with Crippen LogP contribution in [0.15, 0.2) is 24.3 Å². The van der Waals surface area contributed by atoms with E-state index in [2.05, 4.69) is 4.90 Å². The van der Waals surface area contributed by atoms with Crippen LogP contribution in [0.2, 0.25) is 5.02 Å². The van der Waals surface area contributed by atoms with Crippen LogP contribution in [0, 0.1) is 5.92 Å². The van der Waals surface area contributed by atoms with Crippen LogP contribution in [-0.2, 0) is 9.53 Å². The number of para-hydroxylation sites is 1. The van der Waals surface area contributed by atoms with Crippen molar-refractivity contribution in [2.45, 2.75) is 31.2 Å². The van der Waals surface area contributed by atoms with Crippen molar-refractivity contribution in [2.24, 2.45) is 5.92 Å². The Bertz CT molecular complexity index is 602. The number of amides is 1. The lowest BCUT2D eigenvalue weighted by atomic mass is 9.93. The summed E-state index contributed by atoms with van der Waals surface area (Å²) in [6.07, 6.45) is 4.11. The normalized spacial score (nSPS) is 31.6. The Labute approximate surface area is 142 Å². The van der Waals surface area contributed by atoms with Crippen molar-refractivity contribution in [3.63, 3.8) is 0 Å². The van der Waals surface area contributed by atoms with Crippen LogP contribution >= 0.6 is 11.6 Å². The van der Waals surface area contributed by atoms with E-state index in [9.17, 15) is 4.79 Å². The van der Waals surface area contributed by atoms with Gasteiger partial charge in [-0.05, 0) is 50.3 Å². The van der Waals surface area contributed by atoms with Crippen LogP contribution in [0.25, 0.3) is 0 Å². The molecule has 5 heteroatoms. The van der Waals surface area contributed by atoms with Crippen molar-refractivity contribution in [3.8, 4) is 0 Å². The zero-order chi connectivity index (χ0) is 15.9. The van der Waals surface area contributed by atoms with Gasteiger partial charge in [-0.1, -0.05) is 23.7 Å². The molecule has 3 heterocycles. The third-order valence-corrected chi connectivity index (χ3v) is 5.98. The van der Waals surface area contributed by atoms with Crippen LogP contribution in [-0.4, -0.2) is 49.2 Å². The quantitative estimate of drug-likeness (QED) is 0.852. The summed E-state index contributed by atoms with van der Waals surface area (Å²) in [5.74, 6) is 0.814. The van der Waals surface area contributed by atoms with E-state index >= 15 is 0 Å². The van der Waals surface area contributed by atoms with Gasteiger partial charge in [0.05, 0.1) is 17.3 Å². The Morgan fingerprint density at radius 1 is 1.26 bits per heavy atom. The molecule has 2 unspecified atom stereocenters. The van der Waals surface area contributed by atoms with Gasteiger partial charge in [-0.25, -0.2) is 0 Å². The molecule has 0 N–H and O–H groups in total. The van der Waals surface area contributed by atoms with Gasteiger partial charge in [0.1, 0.15) is 5.54 Å². The number of benzene rings is 1. The van der Waals surface area contributed by atoms with E-state index in [-0.39, 0.29) is 11.4 Å². The van der Waals surface area contributed by atoms with Crippen molar-refractivity contribution in [1.29, 1.82) is 0 Å². The Balaban J connectivity index is 1.56. The Morgan fingerprint density at radius 2 is 2.13 bits per heavy atom. The third kappa shape index (κ3) is 2.57. The van der Waals surface area contributed by atoms with E-state index in [1.165, 1.54) is 0 Å². The fraction of sp³-hybridized carbons (Fsp3) is 0.611. The molecule has 3 aliphatic heterocycles. The molecule has 1 spiro atoms. The molecule has 0 bridgehead atoms. The first-order valence-electron chi connectivity index (χ1n) is 8.60. The number of hydrogen-bond donors (Lipinski definition) is 0. The van der Waals surface area contributed by atoms with Crippen molar-refractivity contribution in [1.82, 2.24) is 4.90 Å². The second kappa shape index (κ2) is 6.08. The predicted octanol–water partition coefficient (Wildman–Crippen LogP) is 2.95. The lowest BCUT2D eigenvalue weighted by Crippen LogP contribution is -2.51. The van der Waals surface area contributed by atoms with E-state index < -0.39 is 0 Å². The molecule has 3 fully saturated rings. The van der Waals surface area contributed by atoms with Gasteiger partial charge in [0.15, 0.2) is 0 Å². The number of nitrogens with zero attached hydrogens (tertiary/aromatic N) is 2. The molecular formula is C18H23ClN2O2. The molecule has 1 aromatic rings. The van der Waals surface area contributed by atoms with Crippen LogP contribution in [0.5, 0.6) is 0 Å². The molecule has 4 nitrogen and oxygen atoms in total. The third-order valence-electron chi connectivity index (χ3n) is 5.66. The van der Waals surface area contributed by atoms with Gasteiger partial charge in [-0.15, -0.1) is 0 Å². The zero-order valence-electron chi connectivity index (χ0n) is 13.3. The van der Waals surface area contributed by atoms with Crippen molar-refractivity contribution in [3.05, 3.63) is 29.3 Å². The molecule has 1 amide bonds. The number of rotatable bonds is 3. The van der Waals surface area contributed by atoms with Crippen molar-refractivity contribution in [2.75, 3.05) is 37.7 Å². The monoisotopic (exact) mass is 334 g/mol. The summed E-state index contributed by atoms with van der Waals surface area (Å²) in [7, 11) is 0. The van der Waals surface area contributed by atoms with Crippen LogP contribution in [0.3, 0.4) is 0 Å². The Hall–Kier alpha value is -1.10. The molecule has 23 heavy (non-hydrogen) atoms. The summed E-state index contributed by atoms with van der Waals surface area (Å²) in [6, 6.07) is 7.66. The van der Waals surface area contributed by atoms with Crippen molar-refractivity contribution >= 4 is 23.2 Å². The second-order valence-corrected chi connectivity index (χ2v) is 7.38. The van der Waals surface area contributed by atoms with Gasteiger partial charge in [-0.3, -0.25) is 9.69 Å². The van der Waals surface area contributed by atoms with Gasteiger partial charge >= 0.3 is 0 Å². The molecule has 0 aliphatic carbocycles. The largest absolute Gasteiger partial charge is 0.381 e. The maximum Gasteiger partial charge on any atom is 0.247 e. The minimum Gasteiger partial charge on any atom is -0.381 e. The first kappa shape index (κ1) is 15.4. The lowest BCUT2D eigenvalue weighted by molar-refractivity contribution is -0.126. The molecular weight excluding hydrogens is 312 g/mol. The highest BCUT2D eigenvalue weighted by molar-refractivity contribution is 6.34. The molecule has 124 valence electrons. The smallest absolute Gasteiger partial charge is 0.247 e. The highest BCUT2D eigenvalue weighted by Gasteiger charge is 2.53. The summed E-state index contributed by atoms with van der Waals surface area (Å²) in [6.45, 7) is 4.49. The predicted molar refractivity (Wildman–Crippen MR) is 90.9 cm³/mol. The number of halogens is 1. The molecule has 0 radical (unpaired) electrons. The molecule has 2 atom stereocenters. The molecule has 3 aliphatic rings. The highest BCUT2D eigenvalue weighted by Crippen LogP contribution is 2.42. The highest BCUT2D eigenvalue weighted by atomic mass is 35.5. The summed E-state index contributed by atoms with van der Waals surface area (Å²) >= 11 is 6.31. The molecule has 1 aromatic carbocycles. The van der Waals surface area contributed by atoms with Crippen LogP contribution in [0.1, 0.15) is 25.7 Å². The average Bonchev–Trinajstić information content (AvgIpc) is 3.26. The summed E-state index contributed by atoms with van der Waals surface area (Å²) in [4.78, 5) is 17.6. The number of carbonyl (C=O) groups excluding carboxylic acids is 1. The Morgan fingerprint density at radius 3 is 2.91 bits per heavy atom. The fourth-order valence-corrected chi connectivity index (χ4v) is 4.66. The van der Waals surface area contributed by atoms with Gasteiger partial charge in [-0.2, -0.15) is 0 Å². The van der Waals surface area contributed by atoms with Gasteiger partial charge in [0, 0.05) is 19.7 Å². The molecule has 0 aromatic heterocycles. The lowest BCUT2D eigenvalue weighted by Gasteiger charge is -2.35. The summed E-state index contributed by atoms with van der Waals surface area (Å²) < 4.78 is 5.51. The van der Waals surface area contributed by atoms with Gasteiger partial charge < -0.3 is 9.64 Å². The van der Waals surface area contributed by atoms with E-state index in [1.54, 1.807) is 0 Å². The van der Waals surface area contributed by atoms with Gasteiger partial charge in [0.25, 0.3) is 0 Å². The van der Waals surface area contributed by atoms with Gasteiger partial charge in [0.2, 0.25) is 5.91 Å². The SMILES string of the molecule is O=C1N(c2ccccc2Cl)CCC12CCCN2CC1CCOC1. The zero-order valence-corrected chi connectivity index (χ0v) is 14.1. The number of carbonyl (C=O) groups is 1. The van der Waals surface area contributed by atoms with E-state index in [0.29, 0.717) is 10.9 Å². The maximum absolute atomic E-state index is 13.3. The standard InChI is InChI=1S/C18H23ClN2O2/c19-15-4-1-2-5-16(15)21-10-8-18(17(21)22)7-3-9-20(18)12-14-6-11-23-13-14/h1-2,4-5,14H,3,6-13H2. The second-order valence-electron chi connectivity index (χ2n) is 6.97. The maximum atomic E-state index is 13.3. The van der Waals surface area contributed by atoms with Crippen LogP contribution in [0.4, 0.5) is 5.69 Å². The first-order chi connectivity index (χ1) is 11.2. The fourth-order valence-electron chi connectivity index (χ4n) is 4.42. The van der Waals surface area contributed by atoms with E-state index in [0.717, 1.165) is 64.2 Å². The molecule has 3 saturated heterocycles. The average molecular weight is 335 g/mol. The van der Waals surface area contributed by atoms with E-state index in [4.69, 9.17) is 16.3 Å². The minimum atomic E-state index is -0.304. The molecule has 4 rings (SSSR count). The number of anilines is 1. The van der Waals surface area contributed by atoms with Crippen LogP contribution < -0.4 is 4.90 Å². The first-order valence-corrected chi connectivity index (χ1v) is 8.98. The summed E-state index contributed by atoms with van der Waals surface area (Å²) in [5, 5.41) is 0.659. The number of ether oxygens (including phenoxy) is 1.